The normalized spacial score (nSPS) is 12.9. The van der Waals surface area contributed by atoms with Gasteiger partial charge in [0.15, 0.2) is 0 Å². The molecular weight excluding hydrogens is 253 g/mol. The van der Waals surface area contributed by atoms with Crippen LogP contribution in [-0.4, -0.2) is 0 Å². The van der Waals surface area contributed by atoms with Crippen molar-refractivity contribution in [2.24, 2.45) is 0 Å². The van der Waals surface area contributed by atoms with Gasteiger partial charge in [0, 0.05) is 0 Å². The van der Waals surface area contributed by atoms with Gasteiger partial charge in [-0.1, -0.05) is 74.4 Å². The minimum Gasteiger partial charge on any atom is -0.739 e. The molecule has 0 unspecified atom stereocenters. The van der Waals surface area contributed by atoms with E-state index in [2.05, 4.69) is 79.9 Å². The molecule has 0 atom stereocenters. The fourth-order valence-corrected chi connectivity index (χ4v) is 2.31. The molecule has 0 aliphatic carbocycles. The first-order valence-corrected chi connectivity index (χ1v) is 7.31. The van der Waals surface area contributed by atoms with Gasteiger partial charge in [0.25, 0.3) is 0 Å². The second kappa shape index (κ2) is 6.37. The van der Waals surface area contributed by atoms with E-state index in [1.165, 1.54) is 5.56 Å². The SMILES string of the molecule is CC(C)(C)c1cc(C(C)(C)C)c([N][O-])c(C(C)(C)C)c1.[Li+]. The zero-order valence-corrected chi connectivity index (χ0v) is 15.5. The first kappa shape index (κ1) is 20.6. The van der Waals surface area contributed by atoms with Gasteiger partial charge in [-0.2, -0.15) is 0 Å². The molecule has 0 heterocycles. The van der Waals surface area contributed by atoms with Gasteiger partial charge in [0.05, 0.1) is 5.69 Å². The minimum absolute atomic E-state index is 0. The van der Waals surface area contributed by atoms with E-state index in [1.807, 2.05) is 0 Å². The first-order chi connectivity index (χ1) is 8.78. The maximum atomic E-state index is 11.5. The summed E-state index contributed by atoms with van der Waals surface area (Å²) >= 11 is 0. The number of hydrogen-bond donors (Lipinski definition) is 0. The van der Waals surface area contributed by atoms with E-state index in [1.54, 1.807) is 0 Å². The zero-order chi connectivity index (χ0) is 15.9. The van der Waals surface area contributed by atoms with E-state index in [9.17, 15) is 5.21 Å². The molecule has 113 valence electrons. The molecule has 0 aliphatic rings. The Kier molecular flexibility index (Phi) is 6.24. The van der Waals surface area contributed by atoms with Crippen molar-refractivity contribution in [2.75, 3.05) is 0 Å². The van der Waals surface area contributed by atoms with Crippen molar-refractivity contribution >= 4 is 5.69 Å². The van der Waals surface area contributed by atoms with Crippen LogP contribution >= 0.6 is 0 Å². The summed E-state index contributed by atoms with van der Waals surface area (Å²) in [5, 5.41) is 11.5. The molecule has 0 aliphatic heterocycles. The van der Waals surface area contributed by atoms with Crippen molar-refractivity contribution in [2.45, 2.75) is 78.6 Å². The van der Waals surface area contributed by atoms with Crippen molar-refractivity contribution in [3.63, 3.8) is 0 Å². The predicted octanol–water partition coefficient (Wildman–Crippen LogP) is 2.32. The largest absolute Gasteiger partial charge is 1.00 e. The van der Waals surface area contributed by atoms with Crippen LogP contribution in [0, 0.1) is 5.21 Å². The quantitative estimate of drug-likeness (QED) is 0.575. The summed E-state index contributed by atoms with van der Waals surface area (Å²) in [5.41, 5.74) is 7.23. The van der Waals surface area contributed by atoms with Gasteiger partial charge in [-0.05, 0) is 32.9 Å². The molecule has 0 saturated carbocycles. The topological polar surface area (TPSA) is 37.2 Å². The number of rotatable bonds is 1. The van der Waals surface area contributed by atoms with Crippen LogP contribution in [0.1, 0.15) is 79.0 Å². The molecule has 1 radical (unpaired) electrons. The van der Waals surface area contributed by atoms with Crippen LogP contribution in [-0.2, 0) is 16.2 Å². The Hall–Kier alpha value is -0.423. The Morgan fingerprint density at radius 2 is 1.05 bits per heavy atom. The average molecular weight is 282 g/mol. The van der Waals surface area contributed by atoms with Crippen LogP contribution in [0.3, 0.4) is 0 Å². The van der Waals surface area contributed by atoms with Crippen molar-refractivity contribution in [3.8, 4) is 0 Å². The zero-order valence-electron chi connectivity index (χ0n) is 15.5. The average Bonchev–Trinajstić information content (AvgIpc) is 2.23. The second-order valence-electron chi connectivity index (χ2n) is 8.76. The summed E-state index contributed by atoms with van der Waals surface area (Å²) in [7, 11) is 0. The van der Waals surface area contributed by atoms with E-state index in [4.69, 9.17) is 0 Å². The standard InChI is InChI=1S/C18H29NO.Li/c1-16(2,3)12-10-13(17(4,5)6)15(19-20)14(11-12)18(7,8)9;/h10-11H,1-9H3;/q-1;+1. The second-order valence-corrected chi connectivity index (χ2v) is 8.76. The first-order valence-electron chi connectivity index (χ1n) is 7.31. The number of benzene rings is 1. The Morgan fingerprint density at radius 1 is 0.714 bits per heavy atom. The van der Waals surface area contributed by atoms with Crippen LogP contribution in [0.15, 0.2) is 12.1 Å². The molecule has 21 heavy (non-hydrogen) atoms. The van der Waals surface area contributed by atoms with E-state index < -0.39 is 0 Å². The minimum atomic E-state index is -0.0928. The molecule has 2 nitrogen and oxygen atoms in total. The van der Waals surface area contributed by atoms with E-state index in [0.717, 1.165) is 11.1 Å². The van der Waals surface area contributed by atoms with Crippen LogP contribution in [0.25, 0.3) is 0 Å². The van der Waals surface area contributed by atoms with Crippen LogP contribution in [0.5, 0.6) is 0 Å². The molecule has 0 saturated heterocycles. The maximum Gasteiger partial charge on any atom is 1.00 e. The molecule has 0 fully saturated rings. The van der Waals surface area contributed by atoms with Crippen LogP contribution in [0.2, 0.25) is 0 Å². The Balaban J connectivity index is 0.00000400. The number of nitrogens with zero attached hydrogens (tertiary/aromatic N) is 1. The van der Waals surface area contributed by atoms with Gasteiger partial charge in [-0.25, -0.2) is 0 Å². The van der Waals surface area contributed by atoms with Crippen molar-refractivity contribution in [1.82, 2.24) is 5.48 Å². The van der Waals surface area contributed by atoms with Gasteiger partial charge in [-0.3, -0.25) is 0 Å². The molecule has 0 spiro atoms. The number of hydrogen-bond acceptors (Lipinski definition) is 1. The van der Waals surface area contributed by atoms with Crippen molar-refractivity contribution < 1.29 is 18.9 Å². The summed E-state index contributed by atoms with van der Waals surface area (Å²) in [6.45, 7) is 19.4. The molecule has 0 amide bonds. The third-order valence-electron chi connectivity index (χ3n) is 3.68. The van der Waals surface area contributed by atoms with Crippen molar-refractivity contribution in [1.29, 1.82) is 0 Å². The summed E-state index contributed by atoms with van der Waals surface area (Å²) in [5.74, 6) is 0. The van der Waals surface area contributed by atoms with E-state index >= 15 is 0 Å². The monoisotopic (exact) mass is 282 g/mol. The third-order valence-corrected chi connectivity index (χ3v) is 3.68. The molecule has 1 rings (SSSR count). The maximum absolute atomic E-state index is 11.5. The van der Waals surface area contributed by atoms with E-state index in [-0.39, 0.29) is 35.1 Å². The van der Waals surface area contributed by atoms with Crippen LogP contribution in [0.4, 0.5) is 5.69 Å². The summed E-state index contributed by atoms with van der Waals surface area (Å²) < 4.78 is 0. The summed E-state index contributed by atoms with van der Waals surface area (Å²) in [6, 6.07) is 4.32. The van der Waals surface area contributed by atoms with Crippen molar-refractivity contribution in [3.05, 3.63) is 34.0 Å². The molecule has 0 aromatic heterocycles. The van der Waals surface area contributed by atoms with E-state index in [0.29, 0.717) is 5.69 Å². The van der Waals surface area contributed by atoms with Gasteiger partial charge in [0.2, 0.25) is 0 Å². The predicted molar refractivity (Wildman–Crippen MR) is 87.7 cm³/mol. The van der Waals surface area contributed by atoms with Crippen LogP contribution < -0.4 is 24.3 Å². The molecular formula is C18H29LiNO. The summed E-state index contributed by atoms with van der Waals surface area (Å²) in [4.78, 5) is 0. The smallest absolute Gasteiger partial charge is 0.739 e. The van der Waals surface area contributed by atoms with Gasteiger partial charge < -0.3 is 10.7 Å². The molecule has 3 heteroatoms. The van der Waals surface area contributed by atoms with Gasteiger partial charge in [-0.15, -0.1) is 0 Å². The third kappa shape index (κ3) is 4.78. The summed E-state index contributed by atoms with van der Waals surface area (Å²) in [6.07, 6.45) is 0. The fraction of sp³-hybridized carbons (Fsp3) is 0.667. The molecule has 1 aromatic carbocycles. The fourth-order valence-electron chi connectivity index (χ4n) is 2.31. The Labute approximate surface area is 142 Å². The Morgan fingerprint density at radius 3 is 1.24 bits per heavy atom. The van der Waals surface area contributed by atoms with Gasteiger partial charge >= 0.3 is 18.9 Å². The Bertz CT molecular complexity index is 452. The molecule has 0 N–H and O–H groups in total. The molecule has 1 aromatic rings. The molecule has 0 bridgehead atoms. The van der Waals surface area contributed by atoms with Gasteiger partial charge in [0.1, 0.15) is 0 Å².